The van der Waals surface area contributed by atoms with E-state index >= 15 is 0 Å². The van der Waals surface area contributed by atoms with Crippen LogP contribution in [0.4, 0.5) is 0 Å². The lowest BCUT2D eigenvalue weighted by molar-refractivity contribution is 0.475. The summed E-state index contributed by atoms with van der Waals surface area (Å²) in [5.74, 6) is 1.93. The van der Waals surface area contributed by atoms with Gasteiger partial charge in [0.15, 0.2) is 0 Å². The van der Waals surface area contributed by atoms with Crippen molar-refractivity contribution in [1.29, 1.82) is 0 Å². The van der Waals surface area contributed by atoms with Crippen LogP contribution in [0.5, 0.6) is 17.2 Å². The van der Waals surface area contributed by atoms with Gasteiger partial charge in [0.2, 0.25) is 0 Å². The first-order valence-corrected chi connectivity index (χ1v) is 7.41. The highest BCUT2D eigenvalue weighted by Gasteiger charge is 2.00. The number of aromatic hydroxyl groups is 1. The van der Waals surface area contributed by atoms with Crippen LogP contribution in [0.2, 0.25) is 0 Å². The Kier molecular flexibility index (Phi) is 4.12. The van der Waals surface area contributed by atoms with Gasteiger partial charge < -0.3 is 9.84 Å². The summed E-state index contributed by atoms with van der Waals surface area (Å²) in [6.45, 7) is 0. The van der Waals surface area contributed by atoms with Crippen LogP contribution in [-0.4, -0.2) is 5.11 Å². The van der Waals surface area contributed by atoms with Crippen molar-refractivity contribution in [3.63, 3.8) is 0 Å². The van der Waals surface area contributed by atoms with Gasteiger partial charge in [-0.2, -0.15) is 0 Å². The summed E-state index contributed by atoms with van der Waals surface area (Å²) in [5.41, 5.74) is 0. The number of ether oxygens (including phenoxy) is 1. The molecule has 3 rings (SSSR count). The molecule has 0 aliphatic heterocycles. The minimum atomic E-state index is 0.283. The molecule has 0 aliphatic carbocycles. The molecule has 0 unspecified atom stereocenters. The fourth-order valence-electron chi connectivity index (χ4n) is 1.85. The molecule has 0 radical (unpaired) electrons. The molecule has 0 saturated carbocycles. The maximum Gasteiger partial charge on any atom is 0.127 e. The second-order valence-electron chi connectivity index (χ2n) is 4.48. The molecule has 0 amide bonds. The van der Waals surface area contributed by atoms with Gasteiger partial charge in [0.05, 0.1) is 0 Å². The van der Waals surface area contributed by atoms with Gasteiger partial charge in [0, 0.05) is 9.79 Å². The van der Waals surface area contributed by atoms with Crippen molar-refractivity contribution in [2.75, 3.05) is 0 Å². The molecule has 1 N–H and O–H groups in total. The highest BCUT2D eigenvalue weighted by molar-refractivity contribution is 7.99. The minimum absolute atomic E-state index is 0.283. The van der Waals surface area contributed by atoms with Crippen LogP contribution in [0.1, 0.15) is 0 Å². The Morgan fingerprint density at radius 3 is 1.76 bits per heavy atom. The average Bonchev–Trinajstić information content (AvgIpc) is 2.53. The van der Waals surface area contributed by atoms with Crippen molar-refractivity contribution >= 4 is 11.8 Å². The van der Waals surface area contributed by atoms with E-state index < -0.39 is 0 Å². The minimum Gasteiger partial charge on any atom is -0.508 e. The fraction of sp³-hybridized carbons (Fsp3) is 0. The first-order chi connectivity index (χ1) is 10.3. The van der Waals surface area contributed by atoms with E-state index in [0.29, 0.717) is 0 Å². The summed E-state index contributed by atoms with van der Waals surface area (Å²) < 4.78 is 5.76. The molecule has 0 aliphatic rings. The molecule has 0 bridgehead atoms. The van der Waals surface area contributed by atoms with Gasteiger partial charge in [-0.3, -0.25) is 0 Å². The summed E-state index contributed by atoms with van der Waals surface area (Å²) >= 11 is 1.64. The Hall–Kier alpha value is -2.39. The second-order valence-corrected chi connectivity index (χ2v) is 5.63. The highest BCUT2D eigenvalue weighted by atomic mass is 32.2. The molecule has 0 aromatic heterocycles. The molecular formula is C18H14O2S. The largest absolute Gasteiger partial charge is 0.508 e. The van der Waals surface area contributed by atoms with Crippen molar-refractivity contribution in [2.24, 2.45) is 0 Å². The quantitative estimate of drug-likeness (QED) is 0.704. The van der Waals surface area contributed by atoms with E-state index in [9.17, 15) is 5.11 Å². The maximum absolute atomic E-state index is 9.27. The summed E-state index contributed by atoms with van der Waals surface area (Å²) in [6.07, 6.45) is 0. The van der Waals surface area contributed by atoms with Crippen LogP contribution in [0.15, 0.2) is 88.7 Å². The van der Waals surface area contributed by atoms with Gasteiger partial charge in [-0.1, -0.05) is 30.0 Å². The number of hydrogen-bond donors (Lipinski definition) is 1. The third kappa shape index (κ3) is 3.80. The first-order valence-electron chi connectivity index (χ1n) is 6.59. The number of phenols is 1. The summed E-state index contributed by atoms with van der Waals surface area (Å²) in [4.78, 5) is 2.21. The molecule has 21 heavy (non-hydrogen) atoms. The Labute approximate surface area is 128 Å². The summed E-state index contributed by atoms with van der Waals surface area (Å²) in [5, 5.41) is 9.27. The molecule has 0 heterocycles. The molecule has 0 fully saturated rings. The van der Waals surface area contributed by atoms with Gasteiger partial charge in [0.25, 0.3) is 0 Å². The molecule has 2 nitrogen and oxygen atoms in total. The van der Waals surface area contributed by atoms with Crippen LogP contribution in [0.3, 0.4) is 0 Å². The third-order valence-electron chi connectivity index (χ3n) is 2.88. The van der Waals surface area contributed by atoms with Crippen molar-refractivity contribution < 1.29 is 9.84 Å². The number of para-hydroxylation sites is 1. The average molecular weight is 294 g/mol. The SMILES string of the molecule is Oc1ccc(Sc2ccc(Oc3ccccc3)cc2)cc1. The molecule has 3 heteroatoms. The maximum atomic E-state index is 9.27. The standard InChI is InChI=1S/C18H14O2S/c19-14-6-10-17(11-7-14)21-18-12-8-16(9-13-18)20-15-4-2-1-3-5-15/h1-13,19H. The van der Waals surface area contributed by atoms with Crippen LogP contribution in [0.25, 0.3) is 0 Å². The van der Waals surface area contributed by atoms with Crippen molar-refractivity contribution in [2.45, 2.75) is 9.79 Å². The van der Waals surface area contributed by atoms with E-state index in [1.807, 2.05) is 66.7 Å². The lowest BCUT2D eigenvalue weighted by Crippen LogP contribution is -1.83. The molecule has 0 saturated heterocycles. The first kappa shape index (κ1) is 13.6. The number of rotatable bonds is 4. The van der Waals surface area contributed by atoms with E-state index in [0.717, 1.165) is 21.3 Å². The number of benzene rings is 3. The Balaban J connectivity index is 1.68. The Morgan fingerprint density at radius 2 is 1.14 bits per heavy atom. The van der Waals surface area contributed by atoms with Gasteiger partial charge in [0.1, 0.15) is 17.2 Å². The zero-order valence-corrected chi connectivity index (χ0v) is 12.1. The summed E-state index contributed by atoms with van der Waals surface area (Å²) in [7, 11) is 0. The van der Waals surface area contributed by atoms with Crippen LogP contribution in [-0.2, 0) is 0 Å². The molecule has 3 aromatic rings. The molecule has 0 spiro atoms. The van der Waals surface area contributed by atoms with Gasteiger partial charge in [-0.25, -0.2) is 0 Å². The highest BCUT2D eigenvalue weighted by Crippen LogP contribution is 2.30. The van der Waals surface area contributed by atoms with Crippen molar-refractivity contribution in [1.82, 2.24) is 0 Å². The lowest BCUT2D eigenvalue weighted by Gasteiger charge is -2.06. The molecule has 0 atom stereocenters. The topological polar surface area (TPSA) is 29.5 Å². The van der Waals surface area contributed by atoms with Gasteiger partial charge in [-0.15, -0.1) is 0 Å². The van der Waals surface area contributed by atoms with Crippen LogP contribution in [0, 0.1) is 0 Å². The van der Waals surface area contributed by atoms with Crippen LogP contribution < -0.4 is 4.74 Å². The van der Waals surface area contributed by atoms with Gasteiger partial charge >= 0.3 is 0 Å². The Morgan fingerprint density at radius 1 is 0.619 bits per heavy atom. The molecule has 3 aromatic carbocycles. The van der Waals surface area contributed by atoms with Crippen molar-refractivity contribution in [3.8, 4) is 17.2 Å². The Bertz CT molecular complexity index is 692. The fourth-order valence-corrected chi connectivity index (χ4v) is 2.67. The summed E-state index contributed by atoms with van der Waals surface area (Å²) in [6, 6.07) is 24.8. The second kappa shape index (κ2) is 6.37. The van der Waals surface area contributed by atoms with E-state index in [4.69, 9.17) is 4.74 Å². The lowest BCUT2D eigenvalue weighted by atomic mass is 10.3. The predicted octanol–water partition coefficient (Wildman–Crippen LogP) is 5.34. The molecule has 104 valence electrons. The normalized spacial score (nSPS) is 10.3. The molecular weight excluding hydrogens is 280 g/mol. The van der Waals surface area contributed by atoms with E-state index in [1.165, 1.54) is 0 Å². The third-order valence-corrected chi connectivity index (χ3v) is 3.89. The zero-order valence-electron chi connectivity index (χ0n) is 11.3. The zero-order chi connectivity index (χ0) is 14.5. The predicted molar refractivity (Wildman–Crippen MR) is 85.2 cm³/mol. The van der Waals surface area contributed by atoms with Gasteiger partial charge in [-0.05, 0) is 60.7 Å². The van der Waals surface area contributed by atoms with E-state index in [-0.39, 0.29) is 5.75 Å². The van der Waals surface area contributed by atoms with Crippen molar-refractivity contribution in [3.05, 3.63) is 78.9 Å². The van der Waals surface area contributed by atoms with Crippen LogP contribution >= 0.6 is 11.8 Å². The number of phenolic OH excluding ortho intramolecular Hbond substituents is 1. The van der Waals surface area contributed by atoms with E-state index in [1.54, 1.807) is 23.9 Å². The van der Waals surface area contributed by atoms with E-state index in [2.05, 4.69) is 0 Å². The smallest absolute Gasteiger partial charge is 0.127 e. The number of hydrogen-bond acceptors (Lipinski definition) is 3. The monoisotopic (exact) mass is 294 g/mol.